The van der Waals surface area contributed by atoms with Crippen molar-refractivity contribution >= 4 is 0 Å². The molecule has 1 aliphatic rings. The van der Waals surface area contributed by atoms with Crippen LogP contribution in [0.4, 0.5) is 13.2 Å². The molecule has 7 heteroatoms. The zero-order chi connectivity index (χ0) is 15.9. The minimum Gasteiger partial charge on any atom is -0.302 e. The van der Waals surface area contributed by atoms with Gasteiger partial charge in [0, 0.05) is 36.3 Å². The summed E-state index contributed by atoms with van der Waals surface area (Å²) in [7, 11) is 1.94. The van der Waals surface area contributed by atoms with Crippen LogP contribution in [0.5, 0.6) is 0 Å². The molecule has 1 aromatic heterocycles. The van der Waals surface area contributed by atoms with E-state index in [1.54, 1.807) is 0 Å². The highest BCUT2D eigenvalue weighted by molar-refractivity contribution is 5.37. The summed E-state index contributed by atoms with van der Waals surface area (Å²) in [5.41, 5.74) is 1.97. The summed E-state index contributed by atoms with van der Waals surface area (Å²) in [6.07, 6.45) is 0.672. The first-order valence-electron chi connectivity index (χ1n) is 6.81. The quantitative estimate of drug-likeness (QED) is 0.799. The molecule has 1 aromatic carbocycles. The van der Waals surface area contributed by atoms with Gasteiger partial charge < -0.3 is 4.90 Å². The van der Waals surface area contributed by atoms with Crippen LogP contribution < -0.4 is 0 Å². The third-order valence-electron chi connectivity index (χ3n) is 3.87. The molecule has 2 aromatic rings. The van der Waals surface area contributed by atoms with Gasteiger partial charge in [-0.1, -0.05) is 6.07 Å². The van der Waals surface area contributed by atoms with Gasteiger partial charge >= 0.3 is 0 Å². The van der Waals surface area contributed by atoms with Gasteiger partial charge in [-0.25, -0.2) is 13.2 Å². The van der Waals surface area contributed by atoms with E-state index >= 15 is 0 Å². The number of rotatable bonds is 2. The largest absolute Gasteiger partial charge is 0.302 e. The van der Waals surface area contributed by atoms with Crippen molar-refractivity contribution in [2.45, 2.75) is 19.5 Å². The van der Waals surface area contributed by atoms with Gasteiger partial charge in [-0.2, -0.15) is 10.4 Å². The van der Waals surface area contributed by atoms with Crippen molar-refractivity contribution in [3.05, 3.63) is 52.1 Å². The maximum absolute atomic E-state index is 13.8. The normalized spacial score (nSPS) is 14.7. The summed E-state index contributed by atoms with van der Waals surface area (Å²) in [6.45, 7) is 1.36. The number of nitrogens with zero attached hydrogens (tertiary/aromatic N) is 4. The Labute approximate surface area is 125 Å². The lowest BCUT2D eigenvalue weighted by molar-refractivity contribution is 0.307. The van der Waals surface area contributed by atoms with E-state index in [0.29, 0.717) is 18.7 Å². The number of hydrogen-bond donors (Lipinski definition) is 0. The molecule has 3 rings (SSSR count). The topological polar surface area (TPSA) is 44.9 Å². The first-order chi connectivity index (χ1) is 10.5. The van der Waals surface area contributed by atoms with Gasteiger partial charge in [-0.15, -0.1) is 0 Å². The molecule has 2 heterocycles. The Morgan fingerprint density at radius 1 is 1.27 bits per heavy atom. The number of benzene rings is 1. The summed E-state index contributed by atoms with van der Waals surface area (Å²) < 4.78 is 41.6. The van der Waals surface area contributed by atoms with Crippen molar-refractivity contribution in [3.8, 4) is 6.07 Å². The van der Waals surface area contributed by atoms with Crippen LogP contribution in [0.1, 0.15) is 22.5 Å². The molecule has 0 unspecified atom stereocenters. The summed E-state index contributed by atoms with van der Waals surface area (Å²) in [5, 5.41) is 13.3. The standard InChI is InChI=1S/C15H13F3N4/c1-21-5-4-13-10(8-21)12(6-19)20-22(13)7-9-2-3-11(16)15(18)14(9)17/h2-3H,4-5,7-8H2,1H3. The fraction of sp³-hybridized carbons (Fsp3) is 0.333. The minimum absolute atomic E-state index is 0.00705. The molecule has 0 aliphatic carbocycles. The Morgan fingerprint density at radius 2 is 2.05 bits per heavy atom. The molecule has 4 nitrogen and oxygen atoms in total. The van der Waals surface area contributed by atoms with E-state index in [9.17, 15) is 13.2 Å². The van der Waals surface area contributed by atoms with E-state index in [0.717, 1.165) is 23.9 Å². The molecule has 0 saturated carbocycles. The Hall–Kier alpha value is -2.33. The average Bonchev–Trinajstić information content (AvgIpc) is 2.85. The number of fused-ring (bicyclic) bond motifs is 1. The first-order valence-corrected chi connectivity index (χ1v) is 6.81. The van der Waals surface area contributed by atoms with E-state index in [1.165, 1.54) is 10.7 Å². The maximum atomic E-state index is 13.8. The molecule has 0 atom stereocenters. The molecule has 0 saturated heterocycles. The highest BCUT2D eigenvalue weighted by atomic mass is 19.2. The minimum atomic E-state index is -1.49. The zero-order valence-corrected chi connectivity index (χ0v) is 11.9. The van der Waals surface area contributed by atoms with Crippen LogP contribution in [0.3, 0.4) is 0 Å². The van der Waals surface area contributed by atoms with Crippen molar-refractivity contribution in [2.75, 3.05) is 13.6 Å². The van der Waals surface area contributed by atoms with Crippen molar-refractivity contribution in [1.29, 1.82) is 5.26 Å². The Morgan fingerprint density at radius 3 is 2.77 bits per heavy atom. The van der Waals surface area contributed by atoms with Crippen LogP contribution in [0.2, 0.25) is 0 Å². The highest BCUT2D eigenvalue weighted by Crippen LogP contribution is 2.23. The van der Waals surface area contributed by atoms with Gasteiger partial charge in [0.25, 0.3) is 0 Å². The van der Waals surface area contributed by atoms with E-state index in [-0.39, 0.29) is 12.1 Å². The second-order valence-corrected chi connectivity index (χ2v) is 5.37. The van der Waals surface area contributed by atoms with E-state index in [4.69, 9.17) is 5.26 Å². The molecule has 0 N–H and O–H groups in total. The van der Waals surface area contributed by atoms with Crippen LogP contribution >= 0.6 is 0 Å². The lowest BCUT2D eigenvalue weighted by Gasteiger charge is -2.23. The second-order valence-electron chi connectivity index (χ2n) is 5.37. The van der Waals surface area contributed by atoms with Crippen LogP contribution in [-0.4, -0.2) is 28.3 Å². The van der Waals surface area contributed by atoms with Crippen LogP contribution in [-0.2, 0) is 19.5 Å². The van der Waals surface area contributed by atoms with Gasteiger partial charge in [0.05, 0.1) is 6.54 Å². The van der Waals surface area contributed by atoms with Crippen molar-refractivity contribution in [3.63, 3.8) is 0 Å². The van der Waals surface area contributed by atoms with Gasteiger partial charge in [0.2, 0.25) is 0 Å². The van der Waals surface area contributed by atoms with Gasteiger partial charge in [0.15, 0.2) is 23.1 Å². The number of hydrogen-bond acceptors (Lipinski definition) is 3. The second kappa shape index (κ2) is 5.46. The summed E-state index contributed by atoms with van der Waals surface area (Å²) in [4.78, 5) is 2.06. The molecule has 1 aliphatic heterocycles. The molecule has 0 fully saturated rings. The Balaban J connectivity index is 2.01. The van der Waals surface area contributed by atoms with Crippen LogP contribution in [0, 0.1) is 28.8 Å². The Bertz CT molecular complexity index is 776. The molecule has 22 heavy (non-hydrogen) atoms. The van der Waals surface area contributed by atoms with Gasteiger partial charge in [-0.3, -0.25) is 4.68 Å². The third kappa shape index (κ3) is 2.35. The SMILES string of the molecule is CN1CCc2c(c(C#N)nn2Cc2ccc(F)c(F)c2F)C1. The Kier molecular flexibility index (Phi) is 3.62. The van der Waals surface area contributed by atoms with Crippen LogP contribution in [0.15, 0.2) is 12.1 Å². The van der Waals surface area contributed by atoms with Crippen molar-refractivity contribution < 1.29 is 13.2 Å². The molecular weight excluding hydrogens is 293 g/mol. The molecular formula is C15H13F3N4. The van der Waals surface area contributed by atoms with Crippen molar-refractivity contribution in [2.24, 2.45) is 0 Å². The number of nitriles is 1. The fourth-order valence-corrected chi connectivity index (χ4v) is 2.70. The number of aromatic nitrogens is 2. The van der Waals surface area contributed by atoms with Gasteiger partial charge in [0.1, 0.15) is 6.07 Å². The fourth-order valence-electron chi connectivity index (χ4n) is 2.70. The summed E-state index contributed by atoms with van der Waals surface area (Å²) >= 11 is 0. The van der Waals surface area contributed by atoms with Crippen LogP contribution in [0.25, 0.3) is 0 Å². The number of likely N-dealkylation sites (N-methyl/N-ethyl adjacent to an activating group) is 1. The predicted octanol–water partition coefficient (Wildman–Crippen LogP) is 2.21. The molecule has 0 amide bonds. The third-order valence-corrected chi connectivity index (χ3v) is 3.87. The van der Waals surface area contributed by atoms with E-state index in [1.807, 2.05) is 13.1 Å². The molecule has 0 radical (unpaired) electrons. The molecule has 114 valence electrons. The maximum Gasteiger partial charge on any atom is 0.194 e. The number of halogens is 3. The predicted molar refractivity (Wildman–Crippen MR) is 72.4 cm³/mol. The summed E-state index contributed by atoms with van der Waals surface area (Å²) in [5.74, 6) is -3.92. The average molecular weight is 306 g/mol. The molecule has 0 spiro atoms. The van der Waals surface area contributed by atoms with E-state index in [2.05, 4.69) is 10.00 Å². The highest BCUT2D eigenvalue weighted by Gasteiger charge is 2.24. The summed E-state index contributed by atoms with van der Waals surface area (Å²) in [6, 6.07) is 4.12. The lowest BCUT2D eigenvalue weighted by Crippen LogP contribution is -2.27. The van der Waals surface area contributed by atoms with Gasteiger partial charge in [-0.05, 0) is 13.1 Å². The smallest absolute Gasteiger partial charge is 0.194 e. The monoisotopic (exact) mass is 306 g/mol. The lowest BCUT2D eigenvalue weighted by atomic mass is 10.1. The van der Waals surface area contributed by atoms with E-state index < -0.39 is 17.5 Å². The molecule has 0 bridgehead atoms. The zero-order valence-electron chi connectivity index (χ0n) is 11.9. The van der Waals surface area contributed by atoms with Crippen molar-refractivity contribution in [1.82, 2.24) is 14.7 Å². The first kappa shape index (κ1) is 14.6.